The van der Waals surface area contributed by atoms with Crippen molar-refractivity contribution in [2.45, 2.75) is 19.9 Å². The number of hydrogen-bond donors (Lipinski definition) is 1. The van der Waals surface area contributed by atoms with E-state index in [0.717, 1.165) is 27.8 Å². The summed E-state index contributed by atoms with van der Waals surface area (Å²) in [6.07, 6.45) is 1.01. The molecule has 0 atom stereocenters. The van der Waals surface area contributed by atoms with Crippen LogP contribution < -0.4 is 9.62 Å². The van der Waals surface area contributed by atoms with Crippen molar-refractivity contribution in [3.63, 3.8) is 0 Å². The number of rotatable bonds is 7. The Morgan fingerprint density at radius 1 is 1.16 bits per heavy atom. The number of nitrogens with zero attached hydrogens (tertiary/aromatic N) is 1. The van der Waals surface area contributed by atoms with E-state index in [1.54, 1.807) is 0 Å². The summed E-state index contributed by atoms with van der Waals surface area (Å²) in [4.78, 5) is 12.0. The Kier molecular flexibility index (Phi) is 6.14. The first kappa shape index (κ1) is 18.9. The third kappa shape index (κ3) is 5.86. The number of carbonyl (C=O) groups excluding carboxylic acids is 1. The fourth-order valence-electron chi connectivity index (χ4n) is 2.43. The second-order valence-electron chi connectivity index (χ2n) is 5.83. The van der Waals surface area contributed by atoms with Gasteiger partial charge in [-0.15, -0.1) is 0 Å². The molecule has 0 unspecified atom stereocenters. The summed E-state index contributed by atoms with van der Waals surface area (Å²) < 4.78 is 38.3. The average Bonchev–Trinajstić information content (AvgIpc) is 2.52. The lowest BCUT2D eigenvalue weighted by molar-refractivity contribution is -0.121. The molecule has 1 N–H and O–H groups in total. The van der Waals surface area contributed by atoms with Gasteiger partial charge in [-0.05, 0) is 30.7 Å². The molecule has 0 aromatic heterocycles. The normalized spacial score (nSPS) is 11.2. The number of amides is 1. The van der Waals surface area contributed by atoms with E-state index in [1.165, 1.54) is 18.2 Å². The SMILES string of the molecule is Cc1cccc(CNC(=O)CCN(c2cccc(F)c2)S(C)(=O)=O)c1. The Bertz CT molecular complexity index is 853. The molecule has 0 heterocycles. The van der Waals surface area contributed by atoms with Gasteiger partial charge in [0, 0.05) is 19.5 Å². The zero-order valence-corrected chi connectivity index (χ0v) is 15.0. The molecule has 0 spiro atoms. The van der Waals surface area contributed by atoms with Crippen molar-refractivity contribution in [2.24, 2.45) is 0 Å². The summed E-state index contributed by atoms with van der Waals surface area (Å²) in [6.45, 7) is 2.29. The lowest BCUT2D eigenvalue weighted by atomic mass is 10.1. The van der Waals surface area contributed by atoms with Crippen molar-refractivity contribution in [2.75, 3.05) is 17.1 Å². The van der Waals surface area contributed by atoms with Crippen LogP contribution in [0.5, 0.6) is 0 Å². The van der Waals surface area contributed by atoms with Crippen molar-refractivity contribution in [3.05, 3.63) is 65.5 Å². The minimum atomic E-state index is -3.62. The molecule has 5 nitrogen and oxygen atoms in total. The second-order valence-corrected chi connectivity index (χ2v) is 7.74. The maximum Gasteiger partial charge on any atom is 0.232 e. The monoisotopic (exact) mass is 364 g/mol. The molecule has 7 heteroatoms. The molecular weight excluding hydrogens is 343 g/mol. The molecule has 2 rings (SSSR count). The van der Waals surface area contributed by atoms with Crippen LogP contribution in [0.15, 0.2) is 48.5 Å². The van der Waals surface area contributed by atoms with E-state index >= 15 is 0 Å². The third-order valence-electron chi connectivity index (χ3n) is 3.61. The van der Waals surface area contributed by atoms with Crippen molar-refractivity contribution >= 4 is 21.6 Å². The van der Waals surface area contributed by atoms with Gasteiger partial charge in [0.25, 0.3) is 0 Å². The molecule has 0 aliphatic carbocycles. The maximum absolute atomic E-state index is 13.4. The quantitative estimate of drug-likeness (QED) is 0.821. The van der Waals surface area contributed by atoms with E-state index < -0.39 is 15.8 Å². The van der Waals surface area contributed by atoms with Gasteiger partial charge < -0.3 is 5.32 Å². The Balaban J connectivity index is 1.97. The number of nitrogens with one attached hydrogen (secondary N) is 1. The number of hydrogen-bond acceptors (Lipinski definition) is 3. The predicted octanol–water partition coefficient (Wildman–Crippen LogP) is 2.61. The minimum absolute atomic E-state index is 0.0185. The number of benzene rings is 2. The molecule has 2 aromatic carbocycles. The van der Waals surface area contributed by atoms with Gasteiger partial charge in [0.2, 0.25) is 15.9 Å². The first-order chi connectivity index (χ1) is 11.8. The van der Waals surface area contributed by atoms with Gasteiger partial charge in [-0.25, -0.2) is 12.8 Å². The summed E-state index contributed by atoms with van der Waals surface area (Å²) in [5.74, 6) is -0.804. The highest BCUT2D eigenvalue weighted by Crippen LogP contribution is 2.18. The molecule has 0 radical (unpaired) electrons. The molecule has 25 heavy (non-hydrogen) atoms. The summed E-state index contributed by atoms with van der Waals surface area (Å²) >= 11 is 0. The van der Waals surface area contributed by atoms with Crippen LogP contribution in [0.1, 0.15) is 17.5 Å². The van der Waals surface area contributed by atoms with Gasteiger partial charge in [-0.1, -0.05) is 35.9 Å². The van der Waals surface area contributed by atoms with E-state index in [2.05, 4.69) is 5.32 Å². The predicted molar refractivity (Wildman–Crippen MR) is 96.2 cm³/mol. The topological polar surface area (TPSA) is 66.5 Å². The highest BCUT2D eigenvalue weighted by molar-refractivity contribution is 7.92. The number of carbonyl (C=O) groups is 1. The lowest BCUT2D eigenvalue weighted by Crippen LogP contribution is -2.34. The van der Waals surface area contributed by atoms with Crippen LogP contribution in [-0.4, -0.2) is 27.1 Å². The van der Waals surface area contributed by atoms with Crippen LogP contribution in [-0.2, 0) is 21.4 Å². The first-order valence-corrected chi connectivity index (χ1v) is 9.66. The third-order valence-corrected chi connectivity index (χ3v) is 4.80. The number of anilines is 1. The Morgan fingerprint density at radius 2 is 1.88 bits per heavy atom. The standard InChI is InChI=1S/C18H21FN2O3S/c1-14-5-3-6-15(11-14)13-20-18(22)9-10-21(25(2,23)24)17-8-4-7-16(19)12-17/h3-8,11-12H,9-10,13H2,1-2H3,(H,20,22). The summed E-state index contributed by atoms with van der Waals surface area (Å²) in [5, 5.41) is 2.76. The summed E-state index contributed by atoms with van der Waals surface area (Å²) in [6, 6.07) is 13.0. The molecule has 0 bridgehead atoms. The first-order valence-electron chi connectivity index (χ1n) is 7.81. The Labute approximate surface area is 147 Å². The van der Waals surface area contributed by atoms with E-state index in [1.807, 2.05) is 31.2 Å². The molecule has 0 saturated carbocycles. The van der Waals surface area contributed by atoms with Crippen LogP contribution in [0.4, 0.5) is 10.1 Å². The van der Waals surface area contributed by atoms with Crippen LogP contribution in [0.25, 0.3) is 0 Å². The molecule has 134 valence electrons. The smallest absolute Gasteiger partial charge is 0.232 e. The van der Waals surface area contributed by atoms with Crippen molar-refractivity contribution in [1.29, 1.82) is 0 Å². The maximum atomic E-state index is 13.4. The molecule has 0 saturated heterocycles. The Hall–Kier alpha value is -2.41. The summed E-state index contributed by atoms with van der Waals surface area (Å²) in [7, 11) is -3.62. The van der Waals surface area contributed by atoms with Crippen LogP contribution >= 0.6 is 0 Å². The molecule has 0 aliphatic rings. The van der Waals surface area contributed by atoms with Crippen molar-refractivity contribution in [3.8, 4) is 0 Å². The van der Waals surface area contributed by atoms with Crippen molar-refractivity contribution in [1.82, 2.24) is 5.32 Å². The Morgan fingerprint density at radius 3 is 2.52 bits per heavy atom. The fourth-order valence-corrected chi connectivity index (χ4v) is 3.35. The number of sulfonamides is 1. The summed E-state index contributed by atoms with van der Waals surface area (Å²) in [5.41, 5.74) is 2.27. The molecule has 0 aliphatic heterocycles. The van der Waals surface area contributed by atoms with Gasteiger partial charge in [0.1, 0.15) is 5.82 Å². The molecule has 2 aromatic rings. The van der Waals surface area contributed by atoms with Gasteiger partial charge in [0.15, 0.2) is 0 Å². The zero-order chi connectivity index (χ0) is 18.4. The van der Waals surface area contributed by atoms with Gasteiger partial charge in [-0.2, -0.15) is 0 Å². The minimum Gasteiger partial charge on any atom is -0.352 e. The highest BCUT2D eigenvalue weighted by atomic mass is 32.2. The van der Waals surface area contributed by atoms with Crippen LogP contribution in [0, 0.1) is 12.7 Å². The van der Waals surface area contributed by atoms with Gasteiger partial charge in [0.05, 0.1) is 11.9 Å². The fraction of sp³-hybridized carbons (Fsp3) is 0.278. The van der Waals surface area contributed by atoms with E-state index in [4.69, 9.17) is 0 Å². The largest absolute Gasteiger partial charge is 0.352 e. The molecular formula is C18H21FN2O3S. The van der Waals surface area contributed by atoms with E-state index in [9.17, 15) is 17.6 Å². The molecule has 0 fully saturated rings. The van der Waals surface area contributed by atoms with E-state index in [-0.39, 0.29) is 24.6 Å². The molecule has 1 amide bonds. The number of aryl methyl sites for hydroxylation is 1. The average molecular weight is 364 g/mol. The van der Waals surface area contributed by atoms with Gasteiger partial charge >= 0.3 is 0 Å². The van der Waals surface area contributed by atoms with Gasteiger partial charge in [-0.3, -0.25) is 9.10 Å². The van der Waals surface area contributed by atoms with Crippen LogP contribution in [0.2, 0.25) is 0 Å². The lowest BCUT2D eigenvalue weighted by Gasteiger charge is -2.22. The highest BCUT2D eigenvalue weighted by Gasteiger charge is 2.19. The van der Waals surface area contributed by atoms with Crippen LogP contribution in [0.3, 0.4) is 0 Å². The number of halogens is 1. The van der Waals surface area contributed by atoms with E-state index in [0.29, 0.717) is 6.54 Å². The van der Waals surface area contributed by atoms with Crippen molar-refractivity contribution < 1.29 is 17.6 Å². The second kappa shape index (κ2) is 8.11. The zero-order valence-electron chi connectivity index (χ0n) is 14.2.